The Balaban J connectivity index is 2.17. The van der Waals surface area contributed by atoms with Gasteiger partial charge >= 0.3 is 5.97 Å². The van der Waals surface area contributed by atoms with Gasteiger partial charge in [0, 0.05) is 19.2 Å². The van der Waals surface area contributed by atoms with E-state index in [0.29, 0.717) is 17.2 Å². The van der Waals surface area contributed by atoms with Crippen LogP contribution in [0.1, 0.15) is 25.3 Å². The summed E-state index contributed by atoms with van der Waals surface area (Å²) in [4.78, 5) is 12.5. The Morgan fingerprint density at radius 1 is 1.53 bits per heavy atom. The van der Waals surface area contributed by atoms with E-state index < -0.39 is 5.97 Å². The van der Waals surface area contributed by atoms with Gasteiger partial charge in [0.15, 0.2) is 0 Å². The molecule has 1 heterocycles. The number of carboxylic acid groups (broad SMARTS) is 1. The van der Waals surface area contributed by atoms with Gasteiger partial charge in [0.25, 0.3) is 0 Å². The fourth-order valence-electron chi connectivity index (χ4n) is 2.46. The van der Waals surface area contributed by atoms with Crippen molar-refractivity contribution in [3.8, 4) is 0 Å². The average molecular weight is 263 g/mol. The summed E-state index contributed by atoms with van der Waals surface area (Å²) < 4.78 is 14.1. The second kappa shape index (κ2) is 5.87. The van der Waals surface area contributed by atoms with Crippen LogP contribution in [-0.4, -0.2) is 24.2 Å². The van der Waals surface area contributed by atoms with Crippen LogP contribution in [0, 0.1) is 11.7 Å². The van der Waals surface area contributed by atoms with E-state index in [1.54, 1.807) is 12.1 Å². The molecule has 1 N–H and O–H groups in total. The van der Waals surface area contributed by atoms with Gasteiger partial charge in [-0.25, -0.2) is 9.18 Å². The van der Waals surface area contributed by atoms with E-state index in [9.17, 15) is 9.18 Å². The molecule has 1 atom stereocenters. The summed E-state index contributed by atoms with van der Waals surface area (Å²) >= 11 is 0. The smallest absolute Gasteiger partial charge is 0.328 e. The Hall–Kier alpha value is -1.84. The number of benzene rings is 1. The molecular weight excluding hydrogens is 245 g/mol. The van der Waals surface area contributed by atoms with Crippen molar-refractivity contribution in [3.05, 3.63) is 35.7 Å². The number of carboxylic acids is 1. The fourth-order valence-corrected chi connectivity index (χ4v) is 2.46. The molecule has 4 heteroatoms. The fraction of sp³-hybridized carbons (Fsp3) is 0.400. The Kier molecular flexibility index (Phi) is 4.20. The monoisotopic (exact) mass is 263 g/mol. The number of rotatable bonds is 3. The number of hydrogen-bond donors (Lipinski definition) is 1. The van der Waals surface area contributed by atoms with Gasteiger partial charge in [-0.15, -0.1) is 0 Å². The summed E-state index contributed by atoms with van der Waals surface area (Å²) in [6, 6.07) is 4.86. The highest BCUT2D eigenvalue weighted by molar-refractivity contribution is 5.85. The van der Waals surface area contributed by atoms with Crippen LogP contribution in [0.3, 0.4) is 0 Å². The second-order valence-corrected chi connectivity index (χ2v) is 5.08. The predicted molar refractivity (Wildman–Crippen MR) is 73.7 cm³/mol. The number of anilines is 1. The van der Waals surface area contributed by atoms with E-state index in [1.165, 1.54) is 18.6 Å². The van der Waals surface area contributed by atoms with Crippen molar-refractivity contribution >= 4 is 17.7 Å². The van der Waals surface area contributed by atoms with E-state index >= 15 is 0 Å². The molecule has 1 aliphatic rings. The molecule has 0 saturated carbocycles. The second-order valence-electron chi connectivity index (χ2n) is 5.08. The zero-order chi connectivity index (χ0) is 13.8. The molecule has 1 aliphatic heterocycles. The standard InChI is InChI=1S/C15H18FNO2/c1-11-3-2-8-17(10-11)14-6-4-12(9-13(14)16)5-7-15(18)19/h4-7,9,11H,2-3,8,10H2,1H3,(H,18,19)/b7-5+. The van der Waals surface area contributed by atoms with Gasteiger partial charge < -0.3 is 10.0 Å². The molecule has 2 rings (SSSR count). The third-order valence-electron chi connectivity index (χ3n) is 3.39. The Morgan fingerprint density at radius 2 is 2.32 bits per heavy atom. The zero-order valence-electron chi connectivity index (χ0n) is 11.0. The predicted octanol–water partition coefficient (Wildman–Crippen LogP) is 3.16. The SMILES string of the molecule is CC1CCCN(c2ccc(/C=C/C(=O)O)cc2F)C1. The molecule has 0 aliphatic carbocycles. The van der Waals surface area contributed by atoms with E-state index in [1.807, 2.05) is 0 Å². The van der Waals surface area contributed by atoms with Crippen LogP contribution in [-0.2, 0) is 4.79 Å². The van der Waals surface area contributed by atoms with Crippen molar-refractivity contribution in [3.63, 3.8) is 0 Å². The first kappa shape index (κ1) is 13.6. The first-order valence-corrected chi connectivity index (χ1v) is 6.52. The molecule has 3 nitrogen and oxygen atoms in total. The summed E-state index contributed by atoms with van der Waals surface area (Å²) in [5, 5.41) is 8.54. The highest BCUT2D eigenvalue weighted by Gasteiger charge is 2.19. The number of halogens is 1. The number of hydrogen-bond acceptors (Lipinski definition) is 2. The van der Waals surface area contributed by atoms with E-state index in [0.717, 1.165) is 25.6 Å². The molecule has 1 unspecified atom stereocenters. The van der Waals surface area contributed by atoms with Gasteiger partial charge in [-0.3, -0.25) is 0 Å². The molecule has 1 fully saturated rings. The number of piperidine rings is 1. The van der Waals surface area contributed by atoms with E-state index in [4.69, 9.17) is 5.11 Å². The molecule has 0 radical (unpaired) electrons. The number of nitrogens with zero attached hydrogens (tertiary/aromatic N) is 1. The van der Waals surface area contributed by atoms with Crippen molar-refractivity contribution in [2.75, 3.05) is 18.0 Å². The molecule has 19 heavy (non-hydrogen) atoms. The Labute approximate surface area is 112 Å². The molecule has 1 aromatic carbocycles. The van der Waals surface area contributed by atoms with Crippen LogP contribution in [0.15, 0.2) is 24.3 Å². The van der Waals surface area contributed by atoms with Crippen molar-refractivity contribution in [2.24, 2.45) is 5.92 Å². The molecule has 0 amide bonds. The molecule has 1 aromatic rings. The molecule has 0 bridgehead atoms. The summed E-state index contributed by atoms with van der Waals surface area (Å²) in [5.41, 5.74) is 1.17. The van der Waals surface area contributed by atoms with Crippen LogP contribution in [0.4, 0.5) is 10.1 Å². The van der Waals surface area contributed by atoms with Gasteiger partial charge in [0.05, 0.1) is 5.69 Å². The number of aliphatic carboxylic acids is 1. The third-order valence-corrected chi connectivity index (χ3v) is 3.39. The van der Waals surface area contributed by atoms with Crippen LogP contribution >= 0.6 is 0 Å². The summed E-state index contributed by atoms with van der Waals surface area (Å²) in [5.74, 6) is -0.740. The van der Waals surface area contributed by atoms with Gasteiger partial charge in [0.1, 0.15) is 5.82 Å². The van der Waals surface area contributed by atoms with Crippen molar-refractivity contribution in [1.82, 2.24) is 0 Å². The van der Waals surface area contributed by atoms with Crippen molar-refractivity contribution in [2.45, 2.75) is 19.8 Å². The number of carbonyl (C=O) groups is 1. The molecule has 0 aromatic heterocycles. The Morgan fingerprint density at radius 3 is 2.95 bits per heavy atom. The van der Waals surface area contributed by atoms with E-state index in [-0.39, 0.29) is 5.82 Å². The lowest BCUT2D eigenvalue weighted by Crippen LogP contribution is -2.34. The van der Waals surface area contributed by atoms with Crippen LogP contribution in [0.2, 0.25) is 0 Å². The van der Waals surface area contributed by atoms with Crippen molar-refractivity contribution < 1.29 is 14.3 Å². The van der Waals surface area contributed by atoms with Gasteiger partial charge in [-0.05, 0) is 42.5 Å². The molecule has 1 saturated heterocycles. The highest BCUT2D eigenvalue weighted by Crippen LogP contribution is 2.26. The van der Waals surface area contributed by atoms with Crippen LogP contribution < -0.4 is 4.90 Å². The molecule has 0 spiro atoms. The molecule has 102 valence electrons. The van der Waals surface area contributed by atoms with Crippen LogP contribution in [0.25, 0.3) is 6.08 Å². The summed E-state index contributed by atoms with van der Waals surface area (Å²) in [6.07, 6.45) is 4.68. The quantitative estimate of drug-likeness (QED) is 0.852. The highest BCUT2D eigenvalue weighted by atomic mass is 19.1. The lowest BCUT2D eigenvalue weighted by atomic mass is 9.99. The average Bonchev–Trinajstić information content (AvgIpc) is 2.36. The minimum absolute atomic E-state index is 0.290. The Bertz CT molecular complexity index is 499. The van der Waals surface area contributed by atoms with Gasteiger partial charge in [0.2, 0.25) is 0 Å². The maximum atomic E-state index is 14.1. The zero-order valence-corrected chi connectivity index (χ0v) is 11.0. The topological polar surface area (TPSA) is 40.5 Å². The maximum Gasteiger partial charge on any atom is 0.328 e. The first-order valence-electron chi connectivity index (χ1n) is 6.52. The van der Waals surface area contributed by atoms with Gasteiger partial charge in [-0.1, -0.05) is 13.0 Å². The lowest BCUT2D eigenvalue weighted by Gasteiger charge is -2.33. The minimum atomic E-state index is -1.03. The maximum absolute atomic E-state index is 14.1. The van der Waals surface area contributed by atoms with Crippen molar-refractivity contribution in [1.29, 1.82) is 0 Å². The summed E-state index contributed by atoms with van der Waals surface area (Å²) in [6.45, 7) is 3.93. The van der Waals surface area contributed by atoms with Gasteiger partial charge in [-0.2, -0.15) is 0 Å². The minimum Gasteiger partial charge on any atom is -0.478 e. The van der Waals surface area contributed by atoms with E-state index in [2.05, 4.69) is 11.8 Å². The third kappa shape index (κ3) is 3.56. The van der Waals surface area contributed by atoms with Crippen LogP contribution in [0.5, 0.6) is 0 Å². The lowest BCUT2D eigenvalue weighted by molar-refractivity contribution is -0.131. The molecular formula is C15H18FNO2. The first-order chi connectivity index (χ1) is 9.06. The summed E-state index contributed by atoms with van der Waals surface area (Å²) in [7, 11) is 0. The largest absolute Gasteiger partial charge is 0.478 e. The normalized spacial score (nSPS) is 19.9.